The monoisotopic (exact) mass is 278 g/mol. The molecule has 0 spiro atoms. The molecule has 2 heterocycles. The quantitative estimate of drug-likeness (QED) is 0.329. The Labute approximate surface area is 116 Å². The fourth-order valence-electron chi connectivity index (χ4n) is 2.21. The van der Waals surface area contributed by atoms with Crippen LogP contribution in [0.1, 0.15) is 18.5 Å². The first-order chi connectivity index (χ1) is 9.58. The molecule has 0 bridgehead atoms. The van der Waals surface area contributed by atoms with Crippen LogP contribution in [0, 0.1) is 12.3 Å². The van der Waals surface area contributed by atoms with Crippen LogP contribution in [0.2, 0.25) is 0 Å². The molecule has 1 aliphatic rings. The lowest BCUT2D eigenvalue weighted by Gasteiger charge is -2.34. The number of hydrogen-bond acceptors (Lipinski definition) is 5. The third-order valence-corrected chi connectivity index (χ3v) is 3.55. The van der Waals surface area contributed by atoms with E-state index in [-0.39, 0.29) is 11.7 Å². The highest BCUT2D eigenvalue weighted by molar-refractivity contribution is 6.11. The van der Waals surface area contributed by atoms with Crippen LogP contribution in [0.3, 0.4) is 0 Å². The fourth-order valence-corrected chi connectivity index (χ4v) is 2.21. The number of aryl methyl sites for hydroxylation is 1. The molecule has 1 aliphatic heterocycles. The number of ether oxygens (including phenoxy) is 1. The molecule has 0 atom stereocenters. The van der Waals surface area contributed by atoms with Gasteiger partial charge in [-0.3, -0.25) is 9.78 Å². The van der Waals surface area contributed by atoms with Crippen molar-refractivity contribution in [2.24, 2.45) is 16.3 Å². The summed E-state index contributed by atoms with van der Waals surface area (Å²) in [7, 11) is 0. The minimum atomic E-state index is -1.03. The van der Waals surface area contributed by atoms with Gasteiger partial charge in [-0.15, -0.1) is 0 Å². The molecule has 4 N–H and O–H groups in total. The molecule has 1 saturated heterocycles. The highest BCUT2D eigenvalue weighted by Crippen LogP contribution is 2.32. The van der Waals surface area contributed by atoms with E-state index in [0.29, 0.717) is 31.7 Å². The second kappa shape index (κ2) is 5.87. The number of aromatic nitrogens is 1. The predicted octanol–water partition coefficient (Wildman–Crippen LogP) is 0.872. The minimum Gasteiger partial charge on any atom is -0.409 e. The van der Waals surface area contributed by atoms with Gasteiger partial charge in [0.15, 0.2) is 5.84 Å². The first-order valence-corrected chi connectivity index (χ1v) is 6.38. The van der Waals surface area contributed by atoms with Gasteiger partial charge in [0.2, 0.25) is 5.91 Å². The van der Waals surface area contributed by atoms with Crippen LogP contribution < -0.4 is 11.1 Å². The topological polar surface area (TPSA) is 110 Å². The molecule has 0 unspecified atom stereocenters. The number of nitrogens with two attached hydrogens (primary N) is 1. The Balaban J connectivity index is 2.21. The number of rotatable bonds is 3. The molecule has 1 aromatic rings. The van der Waals surface area contributed by atoms with Crippen molar-refractivity contribution < 1.29 is 14.7 Å². The molecule has 1 aromatic heterocycles. The maximum atomic E-state index is 12.5. The maximum Gasteiger partial charge on any atom is 0.238 e. The van der Waals surface area contributed by atoms with E-state index in [1.807, 2.05) is 6.92 Å². The smallest absolute Gasteiger partial charge is 0.238 e. The zero-order valence-corrected chi connectivity index (χ0v) is 11.3. The standard InChI is InChI=1S/C13H18N4O3/c1-9-2-3-10(8-15-9)16-12(18)13(11(14)17-19)4-6-20-7-5-13/h2-3,8,19H,4-7H2,1H3,(H2,14,17)(H,16,18). The van der Waals surface area contributed by atoms with Crippen molar-refractivity contribution in [1.82, 2.24) is 4.98 Å². The molecule has 1 fully saturated rings. The molecule has 7 nitrogen and oxygen atoms in total. The van der Waals surface area contributed by atoms with Gasteiger partial charge in [-0.1, -0.05) is 5.16 Å². The second-order valence-electron chi connectivity index (χ2n) is 4.82. The van der Waals surface area contributed by atoms with E-state index < -0.39 is 5.41 Å². The Morgan fingerprint density at radius 1 is 1.50 bits per heavy atom. The van der Waals surface area contributed by atoms with Crippen LogP contribution in [-0.2, 0) is 9.53 Å². The summed E-state index contributed by atoms with van der Waals surface area (Å²) in [5.41, 5.74) is 6.14. The first kappa shape index (κ1) is 14.3. The summed E-state index contributed by atoms with van der Waals surface area (Å²) in [5.74, 6) is -0.389. The minimum absolute atomic E-state index is 0.0848. The van der Waals surface area contributed by atoms with Gasteiger partial charge in [0.05, 0.1) is 11.9 Å². The Kier molecular flexibility index (Phi) is 4.19. The summed E-state index contributed by atoms with van der Waals surface area (Å²) in [6.45, 7) is 2.66. The van der Waals surface area contributed by atoms with Crippen LogP contribution in [0.15, 0.2) is 23.5 Å². The van der Waals surface area contributed by atoms with Crippen molar-refractivity contribution in [3.8, 4) is 0 Å². The molecule has 1 amide bonds. The number of pyridine rings is 1. The van der Waals surface area contributed by atoms with Crippen molar-refractivity contribution in [3.05, 3.63) is 24.0 Å². The van der Waals surface area contributed by atoms with Gasteiger partial charge in [-0.2, -0.15) is 0 Å². The lowest BCUT2D eigenvalue weighted by atomic mass is 9.78. The van der Waals surface area contributed by atoms with E-state index in [0.717, 1.165) is 5.69 Å². The molecule has 0 radical (unpaired) electrons. The van der Waals surface area contributed by atoms with Gasteiger partial charge in [0.25, 0.3) is 0 Å². The lowest BCUT2D eigenvalue weighted by Crippen LogP contribution is -2.50. The third-order valence-electron chi connectivity index (χ3n) is 3.55. The highest BCUT2D eigenvalue weighted by Gasteiger charge is 2.44. The number of amides is 1. The number of nitrogens with zero attached hydrogens (tertiary/aromatic N) is 2. The highest BCUT2D eigenvalue weighted by atomic mass is 16.5. The summed E-state index contributed by atoms with van der Waals surface area (Å²) in [6, 6.07) is 3.56. The average Bonchev–Trinajstić information content (AvgIpc) is 2.49. The van der Waals surface area contributed by atoms with Gasteiger partial charge in [0.1, 0.15) is 5.41 Å². The summed E-state index contributed by atoms with van der Waals surface area (Å²) < 4.78 is 5.25. The maximum absolute atomic E-state index is 12.5. The van der Waals surface area contributed by atoms with Gasteiger partial charge < -0.3 is 21.0 Å². The zero-order valence-electron chi connectivity index (χ0n) is 11.3. The van der Waals surface area contributed by atoms with Crippen LogP contribution in [0.25, 0.3) is 0 Å². The fraction of sp³-hybridized carbons (Fsp3) is 0.462. The molecular weight excluding hydrogens is 260 g/mol. The average molecular weight is 278 g/mol. The number of oxime groups is 1. The molecule has 20 heavy (non-hydrogen) atoms. The van der Waals surface area contributed by atoms with Crippen molar-refractivity contribution in [1.29, 1.82) is 0 Å². The van der Waals surface area contributed by atoms with E-state index >= 15 is 0 Å². The molecule has 0 aromatic carbocycles. The summed E-state index contributed by atoms with van der Waals surface area (Å²) in [4.78, 5) is 16.6. The number of nitrogens with one attached hydrogen (secondary N) is 1. The summed E-state index contributed by atoms with van der Waals surface area (Å²) in [6.07, 6.45) is 2.34. The largest absolute Gasteiger partial charge is 0.409 e. The molecule has 2 rings (SSSR count). The van der Waals surface area contributed by atoms with Crippen molar-refractivity contribution in [2.75, 3.05) is 18.5 Å². The van der Waals surface area contributed by atoms with Crippen LogP contribution in [0.4, 0.5) is 5.69 Å². The molecular formula is C13H18N4O3. The van der Waals surface area contributed by atoms with Gasteiger partial charge >= 0.3 is 0 Å². The normalized spacial score (nSPS) is 18.6. The third kappa shape index (κ3) is 2.72. The van der Waals surface area contributed by atoms with Gasteiger partial charge in [0, 0.05) is 18.9 Å². The lowest BCUT2D eigenvalue weighted by molar-refractivity contribution is -0.126. The van der Waals surface area contributed by atoms with E-state index in [4.69, 9.17) is 15.7 Å². The summed E-state index contributed by atoms with van der Waals surface area (Å²) >= 11 is 0. The van der Waals surface area contributed by atoms with Gasteiger partial charge in [-0.05, 0) is 31.9 Å². The Morgan fingerprint density at radius 2 is 2.20 bits per heavy atom. The number of carbonyl (C=O) groups is 1. The molecule has 7 heteroatoms. The Hall–Kier alpha value is -2.15. The number of anilines is 1. The molecule has 108 valence electrons. The Morgan fingerprint density at radius 3 is 2.75 bits per heavy atom. The van der Waals surface area contributed by atoms with E-state index in [2.05, 4.69) is 15.5 Å². The van der Waals surface area contributed by atoms with Gasteiger partial charge in [-0.25, -0.2) is 0 Å². The number of carbonyl (C=O) groups excluding carboxylic acids is 1. The van der Waals surface area contributed by atoms with Crippen molar-refractivity contribution in [3.63, 3.8) is 0 Å². The number of amidine groups is 1. The van der Waals surface area contributed by atoms with E-state index in [1.165, 1.54) is 0 Å². The molecule has 0 aliphatic carbocycles. The van der Waals surface area contributed by atoms with E-state index in [1.54, 1.807) is 18.3 Å². The van der Waals surface area contributed by atoms with Crippen molar-refractivity contribution >= 4 is 17.4 Å². The van der Waals surface area contributed by atoms with Crippen LogP contribution in [-0.4, -0.2) is 35.1 Å². The van der Waals surface area contributed by atoms with Crippen molar-refractivity contribution in [2.45, 2.75) is 19.8 Å². The van der Waals surface area contributed by atoms with E-state index in [9.17, 15) is 4.79 Å². The Bertz CT molecular complexity index is 507. The first-order valence-electron chi connectivity index (χ1n) is 6.38. The van der Waals surface area contributed by atoms with Crippen LogP contribution >= 0.6 is 0 Å². The zero-order chi connectivity index (χ0) is 14.6. The predicted molar refractivity (Wildman–Crippen MR) is 73.5 cm³/mol. The number of hydrogen-bond donors (Lipinski definition) is 3. The van der Waals surface area contributed by atoms with Crippen LogP contribution in [0.5, 0.6) is 0 Å². The molecule has 0 saturated carbocycles. The second-order valence-corrected chi connectivity index (χ2v) is 4.82. The SMILES string of the molecule is Cc1ccc(NC(=O)C2(/C(N)=N/O)CCOCC2)cn1. The summed E-state index contributed by atoms with van der Waals surface area (Å²) in [5, 5.41) is 14.7.